The largest absolute Gasteiger partial charge is 0.396 e. The highest BCUT2D eigenvalue weighted by Gasteiger charge is 2.48. The van der Waals surface area contributed by atoms with Crippen molar-refractivity contribution in [1.82, 2.24) is 4.90 Å². The number of likely N-dealkylation sites (tertiary alicyclic amines) is 1. The predicted octanol–water partition coefficient (Wildman–Crippen LogP) is 1.63. The van der Waals surface area contributed by atoms with Crippen molar-refractivity contribution < 1.29 is 9.90 Å². The fraction of sp³-hybridized carbons (Fsp3) is 0.917. The number of hydrogen-bond donors (Lipinski definition) is 1. The van der Waals surface area contributed by atoms with Crippen molar-refractivity contribution >= 4 is 17.5 Å². The Hall–Kier alpha value is -0.280. The quantitative estimate of drug-likeness (QED) is 0.768. The Morgan fingerprint density at radius 3 is 2.94 bits per heavy atom. The Morgan fingerprint density at radius 1 is 1.50 bits per heavy atom. The fourth-order valence-electron chi connectivity index (χ4n) is 3.27. The third-order valence-electron chi connectivity index (χ3n) is 4.27. The number of rotatable bonds is 3. The summed E-state index contributed by atoms with van der Waals surface area (Å²) in [5.41, 5.74) is 0.000221. The minimum atomic E-state index is 0.000221. The van der Waals surface area contributed by atoms with Gasteiger partial charge in [0.25, 0.3) is 0 Å². The van der Waals surface area contributed by atoms with E-state index in [4.69, 9.17) is 11.6 Å². The lowest BCUT2D eigenvalue weighted by atomic mass is 9.69. The van der Waals surface area contributed by atoms with Gasteiger partial charge in [0.1, 0.15) is 0 Å². The number of carbonyl (C=O) groups is 1. The van der Waals surface area contributed by atoms with Crippen LogP contribution in [0.1, 0.15) is 32.1 Å². The lowest BCUT2D eigenvalue weighted by molar-refractivity contribution is -0.130. The number of alkyl halides is 1. The van der Waals surface area contributed by atoms with Gasteiger partial charge in [-0.2, -0.15) is 0 Å². The first kappa shape index (κ1) is 12.2. The maximum absolute atomic E-state index is 11.8. The zero-order valence-corrected chi connectivity index (χ0v) is 10.4. The lowest BCUT2D eigenvalue weighted by Gasteiger charge is -2.36. The molecule has 0 aromatic rings. The van der Waals surface area contributed by atoms with Crippen LogP contribution in [0.15, 0.2) is 0 Å². The van der Waals surface area contributed by atoms with E-state index < -0.39 is 0 Å². The minimum absolute atomic E-state index is 0.000221. The molecule has 0 unspecified atom stereocenters. The van der Waals surface area contributed by atoms with Crippen LogP contribution in [0.2, 0.25) is 0 Å². The maximum atomic E-state index is 11.8. The molecule has 1 aliphatic heterocycles. The Balaban J connectivity index is 2.04. The normalized spacial score (nSPS) is 33.9. The van der Waals surface area contributed by atoms with Crippen molar-refractivity contribution in [2.45, 2.75) is 32.1 Å². The highest BCUT2D eigenvalue weighted by atomic mass is 35.5. The van der Waals surface area contributed by atoms with Crippen LogP contribution in [0.3, 0.4) is 0 Å². The number of carbonyl (C=O) groups excluding carboxylic acids is 1. The monoisotopic (exact) mass is 245 g/mol. The minimum Gasteiger partial charge on any atom is -0.396 e. The summed E-state index contributed by atoms with van der Waals surface area (Å²) < 4.78 is 0. The molecule has 4 heteroatoms. The van der Waals surface area contributed by atoms with E-state index in [1.165, 1.54) is 12.8 Å². The summed E-state index contributed by atoms with van der Waals surface area (Å²) in [5.74, 6) is 1.05. The molecule has 16 heavy (non-hydrogen) atoms. The second-order valence-electron chi connectivity index (χ2n) is 5.18. The molecule has 1 saturated heterocycles. The Labute approximate surface area is 102 Å². The molecule has 1 saturated carbocycles. The fourth-order valence-corrected chi connectivity index (χ4v) is 3.43. The van der Waals surface area contributed by atoms with Gasteiger partial charge in [0.05, 0.1) is 6.61 Å². The van der Waals surface area contributed by atoms with E-state index in [2.05, 4.69) is 0 Å². The Morgan fingerprint density at radius 2 is 2.31 bits per heavy atom. The SMILES string of the molecule is O=C(CCCl)N1C[C@H]2CCCC[C@@]2(CO)C1. The summed E-state index contributed by atoms with van der Waals surface area (Å²) in [7, 11) is 0. The first-order chi connectivity index (χ1) is 7.72. The van der Waals surface area contributed by atoms with Gasteiger partial charge in [-0.25, -0.2) is 0 Å². The number of hydrogen-bond acceptors (Lipinski definition) is 2. The summed E-state index contributed by atoms with van der Waals surface area (Å²) >= 11 is 5.60. The molecular weight excluding hydrogens is 226 g/mol. The van der Waals surface area contributed by atoms with E-state index >= 15 is 0 Å². The Kier molecular flexibility index (Phi) is 3.75. The van der Waals surface area contributed by atoms with Gasteiger partial charge < -0.3 is 10.0 Å². The summed E-state index contributed by atoms with van der Waals surface area (Å²) in [5, 5.41) is 9.62. The van der Waals surface area contributed by atoms with Crippen LogP contribution in [0.25, 0.3) is 0 Å². The van der Waals surface area contributed by atoms with Gasteiger partial charge in [0.15, 0.2) is 0 Å². The zero-order chi connectivity index (χ0) is 11.6. The lowest BCUT2D eigenvalue weighted by Crippen LogP contribution is -2.37. The van der Waals surface area contributed by atoms with E-state index in [1.54, 1.807) is 0 Å². The highest BCUT2D eigenvalue weighted by Crippen LogP contribution is 2.46. The van der Waals surface area contributed by atoms with Crippen molar-refractivity contribution in [2.24, 2.45) is 11.3 Å². The van der Waals surface area contributed by atoms with E-state index in [-0.39, 0.29) is 17.9 Å². The second-order valence-corrected chi connectivity index (χ2v) is 5.55. The Bertz CT molecular complexity index is 272. The number of nitrogens with zero attached hydrogens (tertiary/aromatic N) is 1. The van der Waals surface area contributed by atoms with Crippen LogP contribution in [0, 0.1) is 11.3 Å². The third-order valence-corrected chi connectivity index (χ3v) is 4.45. The van der Waals surface area contributed by atoms with Crippen LogP contribution in [0.4, 0.5) is 0 Å². The molecule has 1 heterocycles. The molecule has 1 aliphatic carbocycles. The third kappa shape index (κ3) is 2.07. The second kappa shape index (κ2) is 4.92. The van der Waals surface area contributed by atoms with Gasteiger partial charge in [-0.05, 0) is 18.8 Å². The molecule has 1 amide bonds. The van der Waals surface area contributed by atoms with Gasteiger partial charge in [-0.1, -0.05) is 12.8 Å². The molecule has 2 fully saturated rings. The van der Waals surface area contributed by atoms with E-state index in [1.807, 2.05) is 4.90 Å². The molecule has 0 aromatic heterocycles. The smallest absolute Gasteiger partial charge is 0.223 e. The van der Waals surface area contributed by atoms with E-state index in [0.29, 0.717) is 18.2 Å². The van der Waals surface area contributed by atoms with Crippen molar-refractivity contribution in [3.05, 3.63) is 0 Å². The molecule has 1 N–H and O–H groups in total. The van der Waals surface area contributed by atoms with Gasteiger partial charge in [0.2, 0.25) is 5.91 Å². The molecule has 92 valence electrons. The average Bonchev–Trinajstić information content (AvgIpc) is 2.69. The average molecular weight is 246 g/mol. The molecule has 0 radical (unpaired) electrons. The van der Waals surface area contributed by atoms with Crippen LogP contribution >= 0.6 is 11.6 Å². The van der Waals surface area contributed by atoms with Gasteiger partial charge in [0, 0.05) is 30.8 Å². The molecule has 0 bridgehead atoms. The summed E-state index contributed by atoms with van der Waals surface area (Å²) in [6, 6.07) is 0. The molecule has 2 aliphatic rings. The molecule has 0 aromatic carbocycles. The molecule has 2 atom stereocenters. The number of fused-ring (bicyclic) bond motifs is 1. The molecule has 0 spiro atoms. The number of aliphatic hydroxyl groups is 1. The standard InChI is InChI=1S/C12H20ClNO2/c13-6-4-11(16)14-7-10-3-1-2-5-12(10,8-14)9-15/h10,15H,1-9H2/t10-,12+/m1/s1. The van der Waals surface area contributed by atoms with E-state index in [9.17, 15) is 9.90 Å². The first-order valence-electron chi connectivity index (χ1n) is 6.16. The van der Waals surface area contributed by atoms with Crippen LogP contribution in [-0.2, 0) is 4.79 Å². The molecule has 3 nitrogen and oxygen atoms in total. The maximum Gasteiger partial charge on any atom is 0.223 e. The van der Waals surface area contributed by atoms with Crippen molar-refractivity contribution in [1.29, 1.82) is 0 Å². The molecule has 2 rings (SSSR count). The summed E-state index contributed by atoms with van der Waals surface area (Å²) in [6.45, 7) is 1.79. The van der Waals surface area contributed by atoms with E-state index in [0.717, 1.165) is 25.9 Å². The van der Waals surface area contributed by atoms with Crippen LogP contribution in [0.5, 0.6) is 0 Å². The summed E-state index contributed by atoms with van der Waals surface area (Å²) in [4.78, 5) is 13.7. The van der Waals surface area contributed by atoms with Crippen LogP contribution < -0.4 is 0 Å². The number of aliphatic hydroxyl groups excluding tert-OH is 1. The van der Waals surface area contributed by atoms with Gasteiger partial charge in [-0.15, -0.1) is 11.6 Å². The predicted molar refractivity (Wildman–Crippen MR) is 63.4 cm³/mol. The van der Waals surface area contributed by atoms with Gasteiger partial charge >= 0.3 is 0 Å². The molecular formula is C12H20ClNO2. The highest BCUT2D eigenvalue weighted by molar-refractivity contribution is 6.18. The van der Waals surface area contributed by atoms with Crippen molar-refractivity contribution in [2.75, 3.05) is 25.6 Å². The zero-order valence-electron chi connectivity index (χ0n) is 9.62. The van der Waals surface area contributed by atoms with Gasteiger partial charge in [-0.3, -0.25) is 4.79 Å². The number of halogens is 1. The number of amides is 1. The first-order valence-corrected chi connectivity index (χ1v) is 6.70. The summed E-state index contributed by atoms with van der Waals surface area (Å²) in [6.07, 6.45) is 5.08. The van der Waals surface area contributed by atoms with Crippen molar-refractivity contribution in [3.63, 3.8) is 0 Å². The van der Waals surface area contributed by atoms with Crippen LogP contribution in [-0.4, -0.2) is 41.5 Å². The topological polar surface area (TPSA) is 40.5 Å². The van der Waals surface area contributed by atoms with Crippen molar-refractivity contribution in [3.8, 4) is 0 Å².